The second-order valence-electron chi connectivity index (χ2n) is 9.94. The summed E-state index contributed by atoms with van der Waals surface area (Å²) >= 11 is 6.26. The van der Waals surface area contributed by atoms with Crippen molar-refractivity contribution in [2.45, 2.75) is 56.9 Å². The highest BCUT2D eigenvalue weighted by Gasteiger charge is 2.28. The molecule has 35 heavy (non-hydrogen) atoms. The van der Waals surface area contributed by atoms with Gasteiger partial charge in [-0.3, -0.25) is 4.79 Å². The fourth-order valence-electron chi connectivity index (χ4n) is 5.51. The van der Waals surface area contributed by atoms with Crippen molar-refractivity contribution in [2.24, 2.45) is 17.8 Å². The van der Waals surface area contributed by atoms with Crippen molar-refractivity contribution in [3.8, 4) is 17.1 Å². The van der Waals surface area contributed by atoms with E-state index in [9.17, 15) is 18.7 Å². The molecular formula is C27H29ClF2N2O3. The maximum atomic E-state index is 14.2. The first-order valence-corrected chi connectivity index (χ1v) is 12.8. The molecule has 1 heterocycles. The number of nitrogens with zero attached hydrogens (tertiary/aromatic N) is 2. The van der Waals surface area contributed by atoms with Gasteiger partial charge in [-0.2, -0.15) is 0 Å². The number of rotatable bonds is 7. The predicted molar refractivity (Wildman–Crippen MR) is 131 cm³/mol. The van der Waals surface area contributed by atoms with E-state index in [2.05, 4.69) is 0 Å². The summed E-state index contributed by atoms with van der Waals surface area (Å²) in [7, 11) is 0. The number of aromatic nitrogens is 2. The third kappa shape index (κ3) is 5.15. The molecule has 0 saturated heterocycles. The van der Waals surface area contributed by atoms with Crippen LogP contribution in [0.4, 0.5) is 8.78 Å². The number of para-hydroxylation sites is 1. The van der Waals surface area contributed by atoms with E-state index in [-0.39, 0.29) is 17.2 Å². The number of carboxylic acid groups (broad SMARTS) is 1. The van der Waals surface area contributed by atoms with E-state index in [1.807, 2.05) is 28.8 Å². The van der Waals surface area contributed by atoms with Gasteiger partial charge in [0.15, 0.2) is 11.6 Å². The fourth-order valence-corrected chi connectivity index (χ4v) is 5.89. The number of imidazole rings is 1. The normalized spacial score (nSPS) is 24.7. The van der Waals surface area contributed by atoms with Crippen LogP contribution >= 0.6 is 11.6 Å². The second-order valence-corrected chi connectivity index (χ2v) is 10.6. The lowest BCUT2D eigenvalue weighted by molar-refractivity contribution is -0.143. The second kappa shape index (κ2) is 10.1. The van der Waals surface area contributed by atoms with Gasteiger partial charge >= 0.3 is 5.97 Å². The minimum atomic E-state index is -0.933. The SMILES string of the molecule is O=C(O)C1CCC(Cn2c(-c3ccccc3OCC3CCC(Cl)C3)nc3cc(F)c(F)cc32)CC1. The van der Waals surface area contributed by atoms with E-state index in [1.54, 1.807) is 0 Å². The Balaban J connectivity index is 1.48. The number of fused-ring (bicyclic) bond motifs is 1. The van der Waals surface area contributed by atoms with Gasteiger partial charge in [-0.1, -0.05) is 12.1 Å². The van der Waals surface area contributed by atoms with Crippen molar-refractivity contribution in [1.82, 2.24) is 9.55 Å². The molecule has 0 radical (unpaired) electrons. The summed E-state index contributed by atoms with van der Waals surface area (Å²) in [5.41, 5.74) is 1.67. The van der Waals surface area contributed by atoms with Gasteiger partial charge in [0.25, 0.3) is 0 Å². The predicted octanol–water partition coefficient (Wildman–Crippen LogP) is 6.66. The Hall–Kier alpha value is -2.67. The van der Waals surface area contributed by atoms with Gasteiger partial charge in [0.1, 0.15) is 11.6 Å². The number of carbonyl (C=O) groups is 1. The van der Waals surface area contributed by atoms with Crippen LogP contribution < -0.4 is 4.74 Å². The molecule has 5 rings (SSSR count). The lowest BCUT2D eigenvalue weighted by Gasteiger charge is -2.27. The summed E-state index contributed by atoms with van der Waals surface area (Å²) in [5.74, 6) is -1.00. The van der Waals surface area contributed by atoms with Gasteiger partial charge in [-0.05, 0) is 68.9 Å². The van der Waals surface area contributed by atoms with Gasteiger partial charge in [0.2, 0.25) is 0 Å². The molecule has 2 unspecified atom stereocenters. The molecule has 5 nitrogen and oxygen atoms in total. The Morgan fingerprint density at radius 3 is 2.49 bits per heavy atom. The van der Waals surface area contributed by atoms with Gasteiger partial charge in [-0.25, -0.2) is 13.8 Å². The van der Waals surface area contributed by atoms with Crippen LogP contribution in [0.2, 0.25) is 0 Å². The number of aliphatic carboxylic acids is 1. The molecule has 0 bridgehead atoms. The van der Waals surface area contributed by atoms with Crippen molar-refractivity contribution in [2.75, 3.05) is 6.61 Å². The zero-order chi connectivity index (χ0) is 24.5. The highest BCUT2D eigenvalue weighted by molar-refractivity contribution is 6.20. The largest absolute Gasteiger partial charge is 0.493 e. The lowest BCUT2D eigenvalue weighted by atomic mass is 9.82. The number of alkyl halides is 1. The van der Waals surface area contributed by atoms with Crippen LogP contribution in [0.15, 0.2) is 36.4 Å². The summed E-state index contributed by atoms with van der Waals surface area (Å²) < 4.78 is 36.5. The molecule has 0 aliphatic heterocycles. The molecule has 186 valence electrons. The molecule has 2 saturated carbocycles. The maximum absolute atomic E-state index is 14.2. The highest BCUT2D eigenvalue weighted by Crippen LogP contribution is 2.37. The van der Waals surface area contributed by atoms with E-state index >= 15 is 0 Å². The fraction of sp³-hybridized carbons (Fsp3) is 0.481. The van der Waals surface area contributed by atoms with Crippen LogP contribution in [-0.2, 0) is 11.3 Å². The zero-order valence-electron chi connectivity index (χ0n) is 19.4. The van der Waals surface area contributed by atoms with Crippen LogP contribution in [0, 0.1) is 29.4 Å². The third-order valence-corrected chi connectivity index (χ3v) is 7.90. The molecule has 3 aromatic rings. The molecule has 2 fully saturated rings. The average Bonchev–Trinajstić information content (AvgIpc) is 3.41. The molecular weight excluding hydrogens is 474 g/mol. The molecule has 1 N–H and O–H groups in total. The molecule has 1 aromatic heterocycles. The van der Waals surface area contributed by atoms with E-state index in [1.165, 1.54) is 6.07 Å². The minimum Gasteiger partial charge on any atom is -0.493 e. The standard InChI is InChI=1S/C27H29ClF2N2O3/c28-19-10-7-17(11-19)15-35-25-4-2-1-3-20(25)26-31-23-12-21(29)22(30)13-24(23)32(26)14-16-5-8-18(9-6-16)27(33)34/h1-4,12-13,16-19H,5-11,14-15H2,(H,33,34). The maximum Gasteiger partial charge on any atom is 0.306 e. The summed E-state index contributed by atoms with van der Waals surface area (Å²) in [6, 6.07) is 9.94. The Kier molecular flexibility index (Phi) is 6.96. The van der Waals surface area contributed by atoms with Crippen LogP contribution in [0.1, 0.15) is 44.9 Å². The van der Waals surface area contributed by atoms with Crippen LogP contribution in [0.25, 0.3) is 22.4 Å². The molecule has 0 spiro atoms. The number of hydrogen-bond acceptors (Lipinski definition) is 3. The van der Waals surface area contributed by atoms with Gasteiger partial charge in [-0.15, -0.1) is 11.6 Å². The summed E-state index contributed by atoms with van der Waals surface area (Å²) in [6.07, 6.45) is 5.72. The minimum absolute atomic E-state index is 0.198. The first-order valence-electron chi connectivity index (χ1n) is 12.3. The van der Waals surface area contributed by atoms with Crippen LogP contribution in [-0.4, -0.2) is 32.6 Å². The number of carboxylic acids is 1. The molecule has 2 aliphatic carbocycles. The molecule has 2 atom stereocenters. The van der Waals surface area contributed by atoms with E-state index < -0.39 is 17.6 Å². The molecule has 0 amide bonds. The molecule has 8 heteroatoms. The quantitative estimate of drug-likeness (QED) is 0.367. The van der Waals surface area contributed by atoms with Gasteiger partial charge < -0.3 is 14.4 Å². The zero-order valence-corrected chi connectivity index (χ0v) is 20.2. The highest BCUT2D eigenvalue weighted by atomic mass is 35.5. The molecule has 2 aliphatic rings. The number of benzene rings is 2. The number of ether oxygens (including phenoxy) is 1. The first kappa shape index (κ1) is 24.0. The van der Waals surface area contributed by atoms with Crippen LogP contribution in [0.3, 0.4) is 0 Å². The van der Waals surface area contributed by atoms with Crippen LogP contribution in [0.5, 0.6) is 5.75 Å². The third-order valence-electron chi connectivity index (χ3n) is 7.51. The summed E-state index contributed by atoms with van der Waals surface area (Å²) in [4.78, 5) is 16.1. The Morgan fingerprint density at radius 2 is 1.77 bits per heavy atom. The van der Waals surface area contributed by atoms with E-state index in [0.717, 1.165) is 43.7 Å². The van der Waals surface area contributed by atoms with Crippen molar-refractivity contribution >= 4 is 28.6 Å². The number of hydrogen-bond donors (Lipinski definition) is 1. The summed E-state index contributed by atoms with van der Waals surface area (Å²) in [5, 5.41) is 9.53. The Bertz CT molecular complexity index is 1220. The summed E-state index contributed by atoms with van der Waals surface area (Å²) in [6.45, 7) is 1.11. The Labute approximate surface area is 208 Å². The van der Waals surface area contributed by atoms with Crippen molar-refractivity contribution < 1.29 is 23.4 Å². The number of halogens is 3. The monoisotopic (exact) mass is 502 g/mol. The van der Waals surface area contributed by atoms with Crippen molar-refractivity contribution in [1.29, 1.82) is 0 Å². The first-order chi connectivity index (χ1) is 16.9. The van der Waals surface area contributed by atoms with Gasteiger partial charge in [0.05, 0.1) is 29.1 Å². The van der Waals surface area contributed by atoms with Crippen molar-refractivity contribution in [3.05, 3.63) is 48.0 Å². The smallest absolute Gasteiger partial charge is 0.306 e. The van der Waals surface area contributed by atoms with E-state index in [4.69, 9.17) is 21.3 Å². The lowest BCUT2D eigenvalue weighted by Crippen LogP contribution is -2.24. The molecule has 2 aromatic carbocycles. The van der Waals surface area contributed by atoms with E-state index in [0.29, 0.717) is 54.5 Å². The van der Waals surface area contributed by atoms with Crippen molar-refractivity contribution in [3.63, 3.8) is 0 Å². The Morgan fingerprint density at radius 1 is 1.06 bits per heavy atom. The topological polar surface area (TPSA) is 64.3 Å². The van der Waals surface area contributed by atoms with Gasteiger partial charge in [0, 0.05) is 24.1 Å². The average molecular weight is 503 g/mol.